The second-order valence-electron chi connectivity index (χ2n) is 19.2. The van der Waals surface area contributed by atoms with Crippen molar-refractivity contribution in [1.82, 2.24) is 10.2 Å². The van der Waals surface area contributed by atoms with Gasteiger partial charge in [-0.1, -0.05) is 196 Å². The second-order valence-corrected chi connectivity index (χ2v) is 19.6. The first kappa shape index (κ1) is 47.6. The molecule has 0 bridgehead atoms. The van der Waals surface area contributed by atoms with Crippen LogP contribution in [0.1, 0.15) is 140 Å². The number of allylic oxidation sites excluding steroid dienone is 1. The van der Waals surface area contributed by atoms with Gasteiger partial charge in [0.05, 0.1) is 0 Å². The fraction of sp³-hybridized carbons (Fsp3) is 0.328. The Bertz CT molecular complexity index is 2690. The molecule has 1 aliphatic heterocycles. The zero-order valence-electron chi connectivity index (χ0n) is 39.7. The molecule has 6 aromatic rings. The van der Waals surface area contributed by atoms with E-state index < -0.39 is 17.7 Å². The van der Waals surface area contributed by atoms with E-state index in [0.29, 0.717) is 36.0 Å². The van der Waals surface area contributed by atoms with Crippen molar-refractivity contribution < 1.29 is 23.9 Å². The molecular formula is C61H63ClN2O5. The maximum absolute atomic E-state index is 14.3. The van der Waals surface area contributed by atoms with Crippen molar-refractivity contribution in [2.45, 2.75) is 107 Å². The molecule has 9 rings (SSSR count). The Balaban J connectivity index is 0.895. The largest absolute Gasteiger partial charge is 0.449 e. The topological polar surface area (TPSA) is 84.9 Å². The normalized spacial score (nSPS) is 16.8. The minimum absolute atomic E-state index is 0.0899. The Kier molecular flexibility index (Phi) is 15.1. The first-order chi connectivity index (χ1) is 33.7. The summed E-state index contributed by atoms with van der Waals surface area (Å²) in [7, 11) is 0. The molecule has 0 radical (unpaired) electrons. The van der Waals surface area contributed by atoms with E-state index in [1.54, 1.807) is 0 Å². The Morgan fingerprint density at radius 2 is 1.26 bits per heavy atom. The lowest BCUT2D eigenvalue weighted by atomic mass is 9.79. The van der Waals surface area contributed by atoms with Crippen LogP contribution in [0.3, 0.4) is 0 Å². The summed E-state index contributed by atoms with van der Waals surface area (Å²) in [5.74, 6) is -0.429. The third-order valence-electron chi connectivity index (χ3n) is 14.9. The molecule has 1 saturated carbocycles. The minimum Gasteiger partial charge on any atom is -0.449 e. The molecule has 7 nitrogen and oxygen atoms in total. The van der Waals surface area contributed by atoms with E-state index in [2.05, 4.69) is 60.4 Å². The number of halogens is 1. The van der Waals surface area contributed by atoms with Crippen molar-refractivity contribution in [2.24, 2.45) is 0 Å². The molecule has 3 aliphatic rings. The average molecular weight is 940 g/mol. The highest BCUT2D eigenvalue weighted by Gasteiger charge is 2.42. The quantitative estimate of drug-likeness (QED) is 0.0630. The molecule has 8 heteroatoms. The number of hydrogen-bond acceptors (Lipinski definition) is 5. The van der Waals surface area contributed by atoms with Gasteiger partial charge in [-0.2, -0.15) is 0 Å². The van der Waals surface area contributed by atoms with Gasteiger partial charge in [0.1, 0.15) is 12.6 Å². The Labute approximate surface area is 412 Å². The number of amides is 2. The fourth-order valence-electron chi connectivity index (χ4n) is 11.0. The average Bonchev–Trinajstić information content (AvgIpc) is 3.49. The Morgan fingerprint density at radius 1 is 0.681 bits per heavy atom. The highest BCUT2D eigenvalue weighted by molar-refractivity contribution is 6.31. The number of nitrogens with zero attached hydrogens (tertiary/aromatic N) is 1. The number of ether oxygens (including phenoxy) is 2. The van der Waals surface area contributed by atoms with Gasteiger partial charge in [-0.05, 0) is 95.0 Å². The van der Waals surface area contributed by atoms with Gasteiger partial charge in [-0.3, -0.25) is 9.59 Å². The van der Waals surface area contributed by atoms with Crippen LogP contribution in [-0.2, 0) is 24.7 Å². The first-order valence-corrected chi connectivity index (χ1v) is 25.4. The molecule has 3 unspecified atom stereocenters. The number of rotatable bonds is 15. The summed E-state index contributed by atoms with van der Waals surface area (Å²) in [6, 6.07) is 49.7. The van der Waals surface area contributed by atoms with Gasteiger partial charge in [-0.15, -0.1) is 0 Å². The van der Waals surface area contributed by atoms with E-state index in [1.165, 1.54) is 44.1 Å². The van der Waals surface area contributed by atoms with Crippen LogP contribution in [-0.4, -0.2) is 48.6 Å². The molecule has 69 heavy (non-hydrogen) atoms. The number of carbonyl (C=O) groups is 3. The number of likely N-dealkylation sites (tertiary alicyclic amines) is 1. The molecule has 1 heterocycles. The molecular weight excluding hydrogens is 876 g/mol. The number of piperidine rings is 1. The van der Waals surface area contributed by atoms with Gasteiger partial charge >= 0.3 is 12.1 Å². The summed E-state index contributed by atoms with van der Waals surface area (Å²) in [5, 5.41) is 3.51. The monoisotopic (exact) mass is 938 g/mol. The molecule has 0 aromatic heterocycles. The van der Waals surface area contributed by atoms with Gasteiger partial charge in [0.15, 0.2) is 5.60 Å². The van der Waals surface area contributed by atoms with Crippen LogP contribution < -0.4 is 5.32 Å². The lowest BCUT2D eigenvalue weighted by molar-refractivity contribution is -0.153. The van der Waals surface area contributed by atoms with Crippen molar-refractivity contribution in [2.75, 3.05) is 19.7 Å². The summed E-state index contributed by atoms with van der Waals surface area (Å²) in [6.07, 6.45) is 10.2. The number of carbonyl (C=O) groups excluding carboxylic acids is 3. The van der Waals surface area contributed by atoms with Crippen molar-refractivity contribution >= 4 is 35.1 Å². The molecule has 2 aliphatic carbocycles. The summed E-state index contributed by atoms with van der Waals surface area (Å²) >= 11 is 7.02. The second kappa shape index (κ2) is 21.9. The van der Waals surface area contributed by atoms with Crippen molar-refractivity contribution in [1.29, 1.82) is 0 Å². The maximum Gasteiger partial charge on any atom is 0.407 e. The molecule has 1 saturated heterocycles. The SMILES string of the molecule is C=C(CCC(=O)OC(c1ccccc1)(c1ccc(C2CCCCCC2)cc1)c1ccccc1Cl)c1ccc(C(C)C(NC(=O)OCC2c3ccccc3-c3ccccc32)C(=O)N2CCCCC2)cc1. The van der Waals surface area contributed by atoms with Crippen LogP contribution in [0.5, 0.6) is 0 Å². The zero-order valence-corrected chi connectivity index (χ0v) is 40.5. The standard InChI is InChI=1S/C61H63ClN2O5/c1-42(29-38-57(65)69-61(48-21-9-5-10-22-48,55-27-15-16-28-56(55)62)49-36-34-47(35-37-49)46-19-7-3-4-8-20-46)44-30-32-45(33-31-44)43(2)58(59(66)64-39-17-6-18-40-64)63-60(67)68-41-54-52-25-13-11-23-50(52)51-24-12-14-26-53(51)54/h5,9-16,21-28,30-37,43,46,54,58H,1,3-4,6-8,17-20,29,38-41H2,2H3,(H,63,67). The van der Waals surface area contributed by atoms with Gasteiger partial charge in [0.25, 0.3) is 0 Å². The lowest BCUT2D eigenvalue weighted by Crippen LogP contribution is -2.52. The number of nitrogens with one attached hydrogen (secondary N) is 1. The predicted octanol–water partition coefficient (Wildman–Crippen LogP) is 14.1. The van der Waals surface area contributed by atoms with Crippen molar-refractivity contribution in [3.05, 3.63) is 208 Å². The third-order valence-corrected chi connectivity index (χ3v) is 15.2. The van der Waals surface area contributed by atoms with E-state index >= 15 is 0 Å². The molecule has 2 fully saturated rings. The van der Waals surface area contributed by atoms with Crippen molar-refractivity contribution in [3.63, 3.8) is 0 Å². The summed E-state index contributed by atoms with van der Waals surface area (Å²) < 4.78 is 12.7. The summed E-state index contributed by atoms with van der Waals surface area (Å²) in [6.45, 7) is 7.85. The van der Waals surface area contributed by atoms with Crippen LogP contribution in [0.25, 0.3) is 16.7 Å². The maximum atomic E-state index is 14.3. The fourth-order valence-corrected chi connectivity index (χ4v) is 11.3. The predicted molar refractivity (Wildman–Crippen MR) is 276 cm³/mol. The van der Waals surface area contributed by atoms with Gasteiger partial charge < -0.3 is 19.7 Å². The number of hydrogen-bond donors (Lipinski definition) is 1. The van der Waals surface area contributed by atoms with Crippen LogP contribution in [0.4, 0.5) is 4.79 Å². The molecule has 354 valence electrons. The van der Waals surface area contributed by atoms with Gasteiger partial charge in [0, 0.05) is 53.1 Å². The number of esters is 1. The molecule has 1 N–H and O–H groups in total. The van der Waals surface area contributed by atoms with Crippen LogP contribution in [0, 0.1) is 0 Å². The summed E-state index contributed by atoms with van der Waals surface area (Å²) in [4.78, 5) is 44.1. The van der Waals surface area contributed by atoms with E-state index in [1.807, 2.05) is 115 Å². The molecule has 6 aromatic carbocycles. The number of alkyl carbamates (subject to hydrolysis) is 1. The van der Waals surface area contributed by atoms with Gasteiger partial charge in [-0.25, -0.2) is 4.79 Å². The van der Waals surface area contributed by atoms with Crippen LogP contribution in [0.2, 0.25) is 5.02 Å². The molecule has 3 atom stereocenters. The molecule has 2 amide bonds. The Morgan fingerprint density at radius 3 is 1.91 bits per heavy atom. The van der Waals surface area contributed by atoms with E-state index in [4.69, 9.17) is 21.1 Å². The Hall–Kier alpha value is -6.44. The van der Waals surface area contributed by atoms with Crippen molar-refractivity contribution in [3.8, 4) is 11.1 Å². The molecule has 0 spiro atoms. The smallest absolute Gasteiger partial charge is 0.407 e. The van der Waals surface area contributed by atoms with E-state index in [0.717, 1.165) is 69.3 Å². The van der Waals surface area contributed by atoms with Gasteiger partial charge in [0.2, 0.25) is 5.91 Å². The number of fused-ring (bicyclic) bond motifs is 3. The summed E-state index contributed by atoms with van der Waals surface area (Å²) in [5.41, 5.74) is 9.46. The highest BCUT2D eigenvalue weighted by atomic mass is 35.5. The van der Waals surface area contributed by atoms with Crippen LogP contribution in [0.15, 0.2) is 158 Å². The van der Waals surface area contributed by atoms with E-state index in [-0.39, 0.29) is 36.7 Å². The zero-order chi connectivity index (χ0) is 47.7. The number of benzene rings is 6. The lowest BCUT2D eigenvalue weighted by Gasteiger charge is -2.36. The van der Waals surface area contributed by atoms with E-state index in [9.17, 15) is 14.4 Å². The third kappa shape index (κ3) is 10.4. The van der Waals surface area contributed by atoms with Crippen LogP contribution >= 0.6 is 11.6 Å². The highest BCUT2D eigenvalue weighted by Crippen LogP contribution is 2.46. The minimum atomic E-state index is -1.30. The first-order valence-electron chi connectivity index (χ1n) is 25.0.